The Bertz CT molecular complexity index is 167. The van der Waals surface area contributed by atoms with E-state index in [0.29, 0.717) is 18.6 Å². The van der Waals surface area contributed by atoms with Crippen LogP contribution < -0.4 is 10.8 Å². The van der Waals surface area contributed by atoms with Crippen LogP contribution in [0.4, 0.5) is 4.79 Å². The number of hydrogen-bond donors (Lipinski definition) is 2. The van der Waals surface area contributed by atoms with Crippen molar-refractivity contribution in [3.05, 3.63) is 0 Å². The molecule has 1 aliphatic carbocycles. The molecule has 76 valence electrons. The van der Waals surface area contributed by atoms with Gasteiger partial charge in [0.25, 0.3) is 0 Å². The molecule has 4 heteroatoms. The molecule has 0 atom stereocenters. The smallest absolute Gasteiger partial charge is 0.334 e. The maximum Gasteiger partial charge on any atom is 0.338 e. The highest BCUT2D eigenvalue weighted by Gasteiger charge is 2.19. The predicted octanol–water partition coefficient (Wildman–Crippen LogP) is 1.43. The van der Waals surface area contributed by atoms with E-state index in [2.05, 4.69) is 10.8 Å². The fourth-order valence-corrected chi connectivity index (χ4v) is 1.04. The zero-order chi connectivity index (χ0) is 9.68. The lowest BCUT2D eigenvalue weighted by Crippen LogP contribution is -2.45. The molecule has 0 aromatic heterocycles. The van der Waals surface area contributed by atoms with Crippen molar-refractivity contribution >= 4 is 6.03 Å². The third-order valence-electron chi connectivity index (χ3n) is 2.02. The minimum absolute atomic E-state index is 0.217. The Morgan fingerprint density at radius 2 is 2.23 bits per heavy atom. The summed E-state index contributed by atoms with van der Waals surface area (Å²) in [6, 6.07) is 0.146. The summed E-state index contributed by atoms with van der Waals surface area (Å²) in [6.07, 6.45) is 3.41. The fraction of sp³-hybridized carbons (Fsp3) is 0.889. The third kappa shape index (κ3) is 4.12. The summed E-state index contributed by atoms with van der Waals surface area (Å²) < 4.78 is 0. The summed E-state index contributed by atoms with van der Waals surface area (Å²) in [6.45, 7) is 4.62. The van der Waals surface area contributed by atoms with E-state index < -0.39 is 0 Å². The Hall–Kier alpha value is -0.770. The molecule has 0 bridgehead atoms. The molecule has 0 aromatic carbocycles. The summed E-state index contributed by atoms with van der Waals surface area (Å²) in [5.74, 6) is 0.434. The molecule has 4 nitrogen and oxygen atoms in total. The van der Waals surface area contributed by atoms with Crippen molar-refractivity contribution in [2.24, 2.45) is 5.92 Å². The lowest BCUT2D eigenvalue weighted by Gasteiger charge is -2.26. The first kappa shape index (κ1) is 10.3. The minimum Gasteiger partial charge on any atom is -0.334 e. The molecule has 0 heterocycles. The van der Waals surface area contributed by atoms with Crippen LogP contribution in [0.15, 0.2) is 0 Å². The van der Waals surface area contributed by atoms with Crippen molar-refractivity contribution in [1.29, 1.82) is 0 Å². The molecule has 0 unspecified atom stereocenters. The van der Waals surface area contributed by atoms with Gasteiger partial charge in [-0.15, -0.1) is 0 Å². The number of urea groups is 1. The number of amides is 2. The Morgan fingerprint density at radius 3 is 2.69 bits per heavy atom. The number of hydrogen-bond acceptors (Lipinski definition) is 2. The summed E-state index contributed by atoms with van der Waals surface area (Å²) >= 11 is 0. The van der Waals surface area contributed by atoms with E-state index in [1.54, 1.807) is 0 Å². The average molecular weight is 186 g/mol. The molecule has 0 radical (unpaired) electrons. The molecule has 1 fully saturated rings. The summed E-state index contributed by atoms with van der Waals surface area (Å²) in [5, 5.41) is 2.82. The van der Waals surface area contributed by atoms with Crippen LogP contribution in [0.25, 0.3) is 0 Å². The topological polar surface area (TPSA) is 50.4 Å². The van der Waals surface area contributed by atoms with Crippen LogP contribution in [0.3, 0.4) is 0 Å². The summed E-state index contributed by atoms with van der Waals surface area (Å²) in [7, 11) is 0. The van der Waals surface area contributed by atoms with Gasteiger partial charge in [-0.3, -0.25) is 4.84 Å². The molecule has 1 rings (SSSR count). The molecule has 1 aliphatic rings. The second kappa shape index (κ2) is 5.07. The molecule has 0 aliphatic heterocycles. The van der Waals surface area contributed by atoms with Gasteiger partial charge in [0.15, 0.2) is 0 Å². The Morgan fingerprint density at radius 1 is 1.54 bits per heavy atom. The summed E-state index contributed by atoms with van der Waals surface area (Å²) in [5.41, 5.74) is 2.36. The van der Waals surface area contributed by atoms with Gasteiger partial charge in [-0.1, -0.05) is 13.8 Å². The number of carbonyl (C=O) groups excluding carboxylic acids is 1. The van der Waals surface area contributed by atoms with Gasteiger partial charge < -0.3 is 5.32 Å². The molecular formula is C9H18N2O2. The van der Waals surface area contributed by atoms with Crippen LogP contribution in [-0.4, -0.2) is 18.7 Å². The Labute approximate surface area is 79.0 Å². The highest BCUT2D eigenvalue weighted by Crippen LogP contribution is 2.17. The SMILES string of the molecule is CC(C)CONC(=O)NC1CCC1. The molecular weight excluding hydrogens is 168 g/mol. The van der Waals surface area contributed by atoms with Crippen LogP contribution in [0.5, 0.6) is 0 Å². The number of carbonyl (C=O) groups is 1. The molecule has 2 amide bonds. The van der Waals surface area contributed by atoms with Gasteiger partial charge in [0.05, 0.1) is 6.61 Å². The lowest BCUT2D eigenvalue weighted by molar-refractivity contribution is 0.0423. The second-order valence-electron chi connectivity index (χ2n) is 3.91. The van der Waals surface area contributed by atoms with Crippen molar-refractivity contribution in [3.63, 3.8) is 0 Å². The quantitative estimate of drug-likeness (QED) is 0.652. The number of nitrogens with one attached hydrogen (secondary N) is 2. The van der Waals surface area contributed by atoms with E-state index in [9.17, 15) is 4.79 Å². The molecule has 2 N–H and O–H groups in total. The third-order valence-corrected chi connectivity index (χ3v) is 2.02. The summed E-state index contributed by atoms with van der Waals surface area (Å²) in [4.78, 5) is 16.0. The minimum atomic E-state index is -0.217. The van der Waals surface area contributed by atoms with E-state index in [1.165, 1.54) is 6.42 Å². The first-order valence-corrected chi connectivity index (χ1v) is 4.87. The average Bonchev–Trinajstić information content (AvgIpc) is 1.96. The van der Waals surface area contributed by atoms with Gasteiger partial charge in [0.1, 0.15) is 0 Å². The number of rotatable bonds is 4. The maximum atomic E-state index is 11.1. The van der Waals surface area contributed by atoms with Gasteiger partial charge in [0, 0.05) is 6.04 Å². The lowest BCUT2D eigenvalue weighted by atomic mass is 9.93. The van der Waals surface area contributed by atoms with Crippen molar-refractivity contribution in [2.45, 2.75) is 39.2 Å². The van der Waals surface area contributed by atoms with E-state index in [0.717, 1.165) is 12.8 Å². The second-order valence-corrected chi connectivity index (χ2v) is 3.91. The zero-order valence-electron chi connectivity index (χ0n) is 8.30. The predicted molar refractivity (Wildman–Crippen MR) is 50.1 cm³/mol. The highest BCUT2D eigenvalue weighted by atomic mass is 16.7. The van der Waals surface area contributed by atoms with Crippen molar-refractivity contribution in [3.8, 4) is 0 Å². The van der Waals surface area contributed by atoms with E-state index >= 15 is 0 Å². The first-order valence-electron chi connectivity index (χ1n) is 4.87. The van der Waals surface area contributed by atoms with E-state index in [-0.39, 0.29) is 6.03 Å². The largest absolute Gasteiger partial charge is 0.338 e. The van der Waals surface area contributed by atoms with Gasteiger partial charge >= 0.3 is 6.03 Å². The van der Waals surface area contributed by atoms with E-state index in [1.807, 2.05) is 13.8 Å². The number of hydroxylamine groups is 1. The van der Waals surface area contributed by atoms with Crippen molar-refractivity contribution in [2.75, 3.05) is 6.61 Å². The highest BCUT2D eigenvalue weighted by molar-refractivity contribution is 5.73. The molecule has 13 heavy (non-hydrogen) atoms. The fourth-order valence-electron chi connectivity index (χ4n) is 1.04. The van der Waals surface area contributed by atoms with Gasteiger partial charge in [-0.25, -0.2) is 10.3 Å². The Balaban J connectivity index is 1.97. The molecule has 0 aromatic rings. The van der Waals surface area contributed by atoms with Crippen LogP contribution in [0.2, 0.25) is 0 Å². The van der Waals surface area contributed by atoms with Crippen LogP contribution in [-0.2, 0) is 4.84 Å². The maximum absolute atomic E-state index is 11.1. The molecule has 0 saturated heterocycles. The zero-order valence-corrected chi connectivity index (χ0v) is 8.30. The van der Waals surface area contributed by atoms with E-state index in [4.69, 9.17) is 4.84 Å². The van der Waals surface area contributed by atoms with Crippen molar-refractivity contribution in [1.82, 2.24) is 10.8 Å². The van der Waals surface area contributed by atoms with Crippen LogP contribution in [0.1, 0.15) is 33.1 Å². The standard InChI is InChI=1S/C9H18N2O2/c1-7(2)6-13-11-9(12)10-8-4-3-5-8/h7-8H,3-6H2,1-2H3,(H2,10,11,12). The first-order chi connectivity index (χ1) is 6.18. The van der Waals surface area contributed by atoms with Gasteiger partial charge in [-0.2, -0.15) is 0 Å². The van der Waals surface area contributed by atoms with Crippen LogP contribution >= 0.6 is 0 Å². The molecule has 1 saturated carbocycles. The monoisotopic (exact) mass is 186 g/mol. The molecule has 0 spiro atoms. The van der Waals surface area contributed by atoms with Gasteiger partial charge in [-0.05, 0) is 25.2 Å². The van der Waals surface area contributed by atoms with Crippen molar-refractivity contribution < 1.29 is 9.63 Å². The normalized spacial score (nSPS) is 16.8. The van der Waals surface area contributed by atoms with Gasteiger partial charge in [0.2, 0.25) is 0 Å². The van der Waals surface area contributed by atoms with Crippen LogP contribution in [0, 0.1) is 5.92 Å². The Kier molecular flexibility index (Phi) is 4.02.